The summed E-state index contributed by atoms with van der Waals surface area (Å²) in [6.45, 7) is 0. The number of aromatic nitrogens is 2. The molecular weight excluding hydrogens is 286 g/mol. The van der Waals surface area contributed by atoms with Gasteiger partial charge in [-0.15, -0.1) is 0 Å². The van der Waals surface area contributed by atoms with Crippen LogP contribution in [0, 0.1) is 0 Å². The summed E-state index contributed by atoms with van der Waals surface area (Å²) in [6, 6.07) is 18.9. The summed E-state index contributed by atoms with van der Waals surface area (Å²) in [6.07, 6.45) is 0.686. The van der Waals surface area contributed by atoms with Crippen LogP contribution in [0.1, 0.15) is 11.3 Å². The van der Waals surface area contributed by atoms with Gasteiger partial charge in [-0.05, 0) is 35.2 Å². The molecule has 112 valence electrons. The van der Waals surface area contributed by atoms with Gasteiger partial charge in [0.1, 0.15) is 5.82 Å². The third-order valence-electron chi connectivity index (χ3n) is 4.02. The van der Waals surface area contributed by atoms with E-state index in [0.29, 0.717) is 12.2 Å². The minimum absolute atomic E-state index is 0.00441. The minimum Gasteiger partial charge on any atom is -0.382 e. The molecule has 3 N–H and O–H groups in total. The molecule has 0 aliphatic rings. The largest absolute Gasteiger partial charge is 0.382 e. The summed E-state index contributed by atoms with van der Waals surface area (Å²) in [4.78, 5) is 19.5. The Kier molecular flexibility index (Phi) is 3.08. The summed E-state index contributed by atoms with van der Waals surface area (Å²) in [7, 11) is 0. The first-order valence-corrected chi connectivity index (χ1v) is 7.46. The first-order chi connectivity index (χ1) is 11.2. The lowest BCUT2D eigenvalue weighted by atomic mass is 10.1. The van der Waals surface area contributed by atoms with Crippen LogP contribution in [0.15, 0.2) is 65.5 Å². The highest BCUT2D eigenvalue weighted by Crippen LogP contribution is 2.24. The van der Waals surface area contributed by atoms with Crippen LogP contribution in [0.3, 0.4) is 0 Å². The number of nitrogens with zero attached hydrogens (tertiary/aromatic N) is 1. The van der Waals surface area contributed by atoms with E-state index in [9.17, 15) is 4.79 Å². The fourth-order valence-electron chi connectivity index (χ4n) is 2.87. The first-order valence-electron chi connectivity index (χ1n) is 7.46. The van der Waals surface area contributed by atoms with Crippen LogP contribution >= 0.6 is 0 Å². The van der Waals surface area contributed by atoms with Crippen LogP contribution in [0.5, 0.6) is 0 Å². The number of benzene rings is 3. The Morgan fingerprint density at radius 2 is 1.83 bits per heavy atom. The van der Waals surface area contributed by atoms with Crippen LogP contribution in [0.4, 0.5) is 5.82 Å². The highest BCUT2D eigenvalue weighted by atomic mass is 16.1. The quantitative estimate of drug-likeness (QED) is 0.558. The molecule has 0 saturated heterocycles. The van der Waals surface area contributed by atoms with Crippen molar-refractivity contribution in [3.63, 3.8) is 0 Å². The molecule has 4 heteroatoms. The number of aromatic amines is 1. The van der Waals surface area contributed by atoms with Crippen molar-refractivity contribution in [2.45, 2.75) is 6.42 Å². The molecule has 4 nitrogen and oxygen atoms in total. The van der Waals surface area contributed by atoms with Gasteiger partial charge in [0.05, 0.1) is 16.7 Å². The normalized spacial score (nSPS) is 11.1. The average molecular weight is 301 g/mol. The standard InChI is InChI=1S/C19H15N3O/c20-19-17(10-12-4-2-1-3-5-12)21-18-15-8-7-14(23)11-13(15)6-9-16(18)22-19/h1-9,11,21H,10,20H2. The molecule has 23 heavy (non-hydrogen) atoms. The second kappa shape index (κ2) is 5.25. The molecule has 4 aromatic rings. The second-order valence-corrected chi connectivity index (χ2v) is 5.61. The van der Waals surface area contributed by atoms with E-state index in [2.05, 4.69) is 22.1 Å². The van der Waals surface area contributed by atoms with E-state index in [4.69, 9.17) is 5.73 Å². The average Bonchev–Trinajstić information content (AvgIpc) is 2.56. The van der Waals surface area contributed by atoms with Gasteiger partial charge in [0.2, 0.25) is 0 Å². The van der Waals surface area contributed by atoms with E-state index >= 15 is 0 Å². The molecule has 0 aliphatic heterocycles. The number of rotatable bonds is 2. The molecule has 0 unspecified atom stereocenters. The van der Waals surface area contributed by atoms with Crippen LogP contribution < -0.4 is 11.2 Å². The van der Waals surface area contributed by atoms with Gasteiger partial charge in [0, 0.05) is 11.8 Å². The van der Waals surface area contributed by atoms with Gasteiger partial charge in [-0.25, -0.2) is 4.98 Å². The number of nitrogen functional groups attached to an aromatic ring is 1. The lowest BCUT2D eigenvalue weighted by Gasteiger charge is -2.10. The van der Waals surface area contributed by atoms with E-state index in [1.54, 1.807) is 12.1 Å². The summed E-state index contributed by atoms with van der Waals surface area (Å²) in [5.41, 5.74) is 9.86. The van der Waals surface area contributed by atoms with Crippen LogP contribution in [-0.4, -0.2) is 9.97 Å². The Balaban J connectivity index is 1.93. The van der Waals surface area contributed by atoms with Crippen molar-refractivity contribution in [1.29, 1.82) is 0 Å². The van der Waals surface area contributed by atoms with Crippen LogP contribution in [-0.2, 0) is 6.42 Å². The van der Waals surface area contributed by atoms with Crippen LogP contribution in [0.2, 0.25) is 0 Å². The van der Waals surface area contributed by atoms with Crippen molar-refractivity contribution >= 4 is 27.6 Å². The molecule has 4 rings (SSSR count). The molecule has 0 amide bonds. The van der Waals surface area contributed by atoms with E-state index in [1.807, 2.05) is 36.4 Å². The summed E-state index contributed by atoms with van der Waals surface area (Å²) in [5, 5.41) is 1.88. The van der Waals surface area contributed by atoms with E-state index < -0.39 is 0 Å². The number of nitrogens with one attached hydrogen (secondary N) is 1. The van der Waals surface area contributed by atoms with Crippen molar-refractivity contribution in [2.75, 3.05) is 5.73 Å². The lowest BCUT2D eigenvalue weighted by Crippen LogP contribution is -2.04. The van der Waals surface area contributed by atoms with Crippen molar-refractivity contribution in [3.05, 3.63) is 82.1 Å². The lowest BCUT2D eigenvalue weighted by molar-refractivity contribution is 1.08. The van der Waals surface area contributed by atoms with E-state index in [1.165, 1.54) is 5.56 Å². The molecule has 0 aliphatic carbocycles. The second-order valence-electron chi connectivity index (χ2n) is 5.61. The summed E-state index contributed by atoms with van der Waals surface area (Å²) < 4.78 is 0. The molecule has 0 fully saturated rings. The molecule has 0 bridgehead atoms. The summed E-state index contributed by atoms with van der Waals surface area (Å²) in [5.74, 6) is 0.501. The van der Waals surface area contributed by atoms with Gasteiger partial charge in [-0.1, -0.05) is 36.4 Å². The molecule has 0 atom stereocenters. The number of nitrogens with two attached hydrogens (primary N) is 1. The number of H-pyrrole nitrogens is 1. The van der Waals surface area contributed by atoms with E-state index in [0.717, 1.165) is 27.5 Å². The first kappa shape index (κ1) is 13.5. The molecule has 0 spiro atoms. The number of hydrogen-bond acceptors (Lipinski definition) is 3. The zero-order valence-corrected chi connectivity index (χ0v) is 12.4. The Hall–Kier alpha value is -3.14. The van der Waals surface area contributed by atoms with Gasteiger partial charge in [0.15, 0.2) is 5.43 Å². The maximum absolute atomic E-state index is 11.5. The van der Waals surface area contributed by atoms with Gasteiger partial charge < -0.3 is 10.7 Å². The highest BCUT2D eigenvalue weighted by Gasteiger charge is 2.08. The molecule has 1 aromatic heterocycles. The van der Waals surface area contributed by atoms with Crippen molar-refractivity contribution < 1.29 is 0 Å². The Bertz CT molecular complexity index is 1070. The van der Waals surface area contributed by atoms with Gasteiger partial charge >= 0.3 is 0 Å². The summed E-state index contributed by atoms with van der Waals surface area (Å²) >= 11 is 0. The Morgan fingerprint density at radius 1 is 1.00 bits per heavy atom. The van der Waals surface area contributed by atoms with Crippen LogP contribution in [0.25, 0.3) is 21.8 Å². The zero-order valence-electron chi connectivity index (χ0n) is 12.4. The molecule has 1 heterocycles. The zero-order chi connectivity index (χ0) is 15.8. The van der Waals surface area contributed by atoms with Crippen molar-refractivity contribution in [3.8, 4) is 0 Å². The predicted octanol–water partition coefficient (Wildman–Crippen LogP) is 3.25. The molecule has 3 aromatic carbocycles. The maximum atomic E-state index is 11.5. The third-order valence-corrected chi connectivity index (χ3v) is 4.02. The Morgan fingerprint density at radius 3 is 2.65 bits per heavy atom. The number of anilines is 1. The number of fused-ring (bicyclic) bond motifs is 3. The van der Waals surface area contributed by atoms with E-state index in [-0.39, 0.29) is 5.43 Å². The molecular formula is C19H15N3O. The SMILES string of the molecule is Nc1nc2ccc3cc(=O)ccc3c2[nH]c1Cc1ccccc1. The van der Waals surface area contributed by atoms with Crippen molar-refractivity contribution in [2.24, 2.45) is 0 Å². The number of hydrogen-bond donors (Lipinski definition) is 2. The van der Waals surface area contributed by atoms with Crippen molar-refractivity contribution in [1.82, 2.24) is 9.97 Å². The fraction of sp³-hybridized carbons (Fsp3) is 0.0526. The van der Waals surface area contributed by atoms with Gasteiger partial charge in [-0.2, -0.15) is 0 Å². The van der Waals surface area contributed by atoms with Gasteiger partial charge in [-0.3, -0.25) is 4.79 Å². The smallest absolute Gasteiger partial charge is 0.179 e. The predicted molar refractivity (Wildman–Crippen MR) is 93.5 cm³/mol. The van der Waals surface area contributed by atoms with Gasteiger partial charge in [0.25, 0.3) is 0 Å². The monoisotopic (exact) mass is 301 g/mol. The topological polar surface area (TPSA) is 71.8 Å². The Labute approximate surface area is 132 Å². The third kappa shape index (κ3) is 2.44. The maximum Gasteiger partial charge on any atom is 0.179 e. The fourth-order valence-corrected chi connectivity index (χ4v) is 2.87. The highest BCUT2D eigenvalue weighted by molar-refractivity contribution is 6.04. The molecule has 0 saturated carbocycles. The minimum atomic E-state index is 0.00441. The molecule has 0 radical (unpaired) electrons.